The first-order valence-corrected chi connectivity index (χ1v) is 6.53. The quantitative estimate of drug-likeness (QED) is 0.917. The summed E-state index contributed by atoms with van der Waals surface area (Å²) in [5.74, 6) is 1.10. The number of hydrogen-bond acceptors (Lipinski definition) is 3. The molecule has 3 nitrogen and oxygen atoms in total. The van der Waals surface area contributed by atoms with Gasteiger partial charge < -0.3 is 10.5 Å². The Kier molecular flexibility index (Phi) is 2.79. The lowest BCUT2D eigenvalue weighted by atomic mass is 9.99. The molecule has 0 spiro atoms. The third-order valence-corrected chi connectivity index (χ3v) is 3.88. The van der Waals surface area contributed by atoms with Gasteiger partial charge in [-0.05, 0) is 29.5 Å². The highest BCUT2D eigenvalue weighted by atomic mass is 16.5. The molecule has 2 atom stereocenters. The maximum Gasteiger partial charge on any atom is 0.167 e. The molecule has 0 radical (unpaired) electrons. The monoisotopic (exact) mass is 255 g/mol. The Morgan fingerprint density at radius 3 is 2.79 bits per heavy atom. The third kappa shape index (κ3) is 1.81. The van der Waals surface area contributed by atoms with E-state index in [1.807, 2.05) is 18.2 Å². The van der Waals surface area contributed by atoms with Gasteiger partial charge in [0.05, 0.1) is 0 Å². The summed E-state index contributed by atoms with van der Waals surface area (Å²) in [6.45, 7) is 3.79. The maximum absolute atomic E-state index is 11.1. The molecular formula is C16H17NO2. The number of ether oxygens (including phenoxy) is 1. The fraction of sp³-hybridized carbons (Fsp3) is 0.312. The number of hydrogen-bond donors (Lipinski definition) is 1. The van der Waals surface area contributed by atoms with Crippen LogP contribution in [-0.2, 0) is 4.79 Å². The van der Waals surface area contributed by atoms with Crippen LogP contribution >= 0.6 is 0 Å². The molecule has 0 fully saturated rings. The Hall–Kier alpha value is -1.87. The fourth-order valence-corrected chi connectivity index (χ4v) is 2.86. The van der Waals surface area contributed by atoms with Crippen LogP contribution in [0.1, 0.15) is 36.9 Å². The second-order valence-corrected chi connectivity index (χ2v) is 5.23. The lowest BCUT2D eigenvalue weighted by Gasteiger charge is -2.11. The normalized spacial score (nSPS) is 20.8. The molecule has 0 aliphatic heterocycles. The van der Waals surface area contributed by atoms with Crippen molar-refractivity contribution in [1.82, 2.24) is 0 Å². The fourth-order valence-electron chi connectivity index (χ4n) is 2.86. The standard InChI is InChI=1S/C16H17NO2/c1-9(18)8-19-14-7-6-11-10(2)16(17)13-5-3-4-12(14)15(11)13/h3-7,10,16H,8,17H2,1-2H3. The van der Waals surface area contributed by atoms with E-state index in [9.17, 15) is 4.79 Å². The first-order chi connectivity index (χ1) is 9.09. The smallest absolute Gasteiger partial charge is 0.167 e. The van der Waals surface area contributed by atoms with Gasteiger partial charge in [-0.3, -0.25) is 4.79 Å². The topological polar surface area (TPSA) is 52.3 Å². The zero-order chi connectivity index (χ0) is 13.6. The molecule has 0 bridgehead atoms. The third-order valence-electron chi connectivity index (χ3n) is 3.88. The van der Waals surface area contributed by atoms with Crippen molar-refractivity contribution in [2.45, 2.75) is 25.8 Å². The zero-order valence-electron chi connectivity index (χ0n) is 11.1. The average molecular weight is 255 g/mol. The molecule has 2 aromatic carbocycles. The van der Waals surface area contributed by atoms with Crippen molar-refractivity contribution in [1.29, 1.82) is 0 Å². The average Bonchev–Trinajstić information content (AvgIpc) is 2.65. The van der Waals surface area contributed by atoms with E-state index in [4.69, 9.17) is 10.5 Å². The molecule has 0 amide bonds. The van der Waals surface area contributed by atoms with Crippen molar-refractivity contribution in [3.8, 4) is 5.75 Å². The van der Waals surface area contributed by atoms with Crippen molar-refractivity contribution in [3.05, 3.63) is 41.5 Å². The number of benzene rings is 2. The molecule has 0 saturated carbocycles. The molecule has 0 saturated heterocycles. The van der Waals surface area contributed by atoms with Crippen LogP contribution in [0.15, 0.2) is 30.3 Å². The predicted octanol–water partition coefficient (Wildman–Crippen LogP) is 2.92. The predicted molar refractivity (Wildman–Crippen MR) is 75.5 cm³/mol. The van der Waals surface area contributed by atoms with Gasteiger partial charge in [-0.2, -0.15) is 0 Å². The minimum Gasteiger partial charge on any atom is -0.485 e. The van der Waals surface area contributed by atoms with Gasteiger partial charge in [-0.25, -0.2) is 0 Å². The number of nitrogens with two attached hydrogens (primary N) is 1. The van der Waals surface area contributed by atoms with E-state index in [0.717, 1.165) is 11.1 Å². The minimum atomic E-state index is 0.0216. The lowest BCUT2D eigenvalue weighted by molar-refractivity contribution is -0.118. The van der Waals surface area contributed by atoms with Crippen LogP contribution < -0.4 is 10.5 Å². The van der Waals surface area contributed by atoms with Crippen LogP contribution in [-0.4, -0.2) is 12.4 Å². The molecule has 1 aliphatic carbocycles. The van der Waals surface area contributed by atoms with Gasteiger partial charge in [-0.1, -0.05) is 31.2 Å². The number of Topliss-reactive ketones (excluding diaryl/α,β-unsaturated/α-hetero) is 1. The number of carbonyl (C=O) groups excluding carboxylic acids is 1. The largest absolute Gasteiger partial charge is 0.485 e. The van der Waals surface area contributed by atoms with E-state index < -0.39 is 0 Å². The molecule has 2 N–H and O–H groups in total. The summed E-state index contributed by atoms with van der Waals surface area (Å²) in [7, 11) is 0. The van der Waals surface area contributed by atoms with E-state index >= 15 is 0 Å². The van der Waals surface area contributed by atoms with E-state index in [0.29, 0.717) is 5.92 Å². The van der Waals surface area contributed by atoms with Gasteiger partial charge in [0.25, 0.3) is 0 Å². The van der Waals surface area contributed by atoms with Gasteiger partial charge >= 0.3 is 0 Å². The van der Waals surface area contributed by atoms with Crippen molar-refractivity contribution in [2.75, 3.05) is 6.61 Å². The van der Waals surface area contributed by atoms with Gasteiger partial charge in [0.15, 0.2) is 5.78 Å². The van der Waals surface area contributed by atoms with Crippen molar-refractivity contribution >= 4 is 16.6 Å². The first kappa shape index (κ1) is 12.2. The summed E-state index contributed by atoms with van der Waals surface area (Å²) in [5, 5.41) is 2.25. The van der Waals surface area contributed by atoms with Crippen LogP contribution in [0, 0.1) is 0 Å². The second-order valence-electron chi connectivity index (χ2n) is 5.23. The molecular weight excluding hydrogens is 238 g/mol. The minimum absolute atomic E-state index is 0.0216. The molecule has 3 heteroatoms. The van der Waals surface area contributed by atoms with Crippen molar-refractivity contribution < 1.29 is 9.53 Å². The highest BCUT2D eigenvalue weighted by Crippen LogP contribution is 2.46. The molecule has 0 aromatic heterocycles. The Balaban J connectivity index is 2.16. The Labute approximate surface area is 112 Å². The van der Waals surface area contributed by atoms with Gasteiger partial charge in [0.2, 0.25) is 0 Å². The van der Waals surface area contributed by atoms with E-state index in [1.54, 1.807) is 0 Å². The highest BCUT2D eigenvalue weighted by Gasteiger charge is 2.29. The zero-order valence-corrected chi connectivity index (χ0v) is 11.1. The van der Waals surface area contributed by atoms with Gasteiger partial charge in [0, 0.05) is 17.3 Å². The maximum atomic E-state index is 11.1. The Morgan fingerprint density at radius 2 is 2.05 bits per heavy atom. The van der Waals surface area contributed by atoms with Gasteiger partial charge in [0.1, 0.15) is 12.4 Å². The van der Waals surface area contributed by atoms with E-state index in [-0.39, 0.29) is 18.4 Å². The summed E-state index contributed by atoms with van der Waals surface area (Å²) in [5.41, 5.74) is 8.71. The van der Waals surface area contributed by atoms with Crippen LogP contribution in [0.5, 0.6) is 5.75 Å². The lowest BCUT2D eigenvalue weighted by Crippen LogP contribution is -2.11. The molecule has 0 heterocycles. The van der Waals surface area contributed by atoms with Crippen molar-refractivity contribution in [2.24, 2.45) is 5.73 Å². The SMILES string of the molecule is CC(=O)COc1ccc2c3c(cccc13)C(N)C2C. The van der Waals surface area contributed by atoms with Crippen molar-refractivity contribution in [3.63, 3.8) is 0 Å². The first-order valence-electron chi connectivity index (χ1n) is 6.53. The van der Waals surface area contributed by atoms with Crippen LogP contribution in [0.3, 0.4) is 0 Å². The second kappa shape index (κ2) is 4.35. The molecule has 2 unspecified atom stereocenters. The number of ketones is 1. The summed E-state index contributed by atoms with van der Waals surface area (Å²) < 4.78 is 5.60. The van der Waals surface area contributed by atoms with Crippen LogP contribution in [0.2, 0.25) is 0 Å². The number of carbonyl (C=O) groups is 1. The summed E-state index contributed by atoms with van der Waals surface area (Å²) in [4.78, 5) is 11.1. The summed E-state index contributed by atoms with van der Waals surface area (Å²) in [6, 6.07) is 10.2. The Morgan fingerprint density at radius 1 is 1.26 bits per heavy atom. The van der Waals surface area contributed by atoms with Crippen LogP contribution in [0.25, 0.3) is 10.8 Å². The van der Waals surface area contributed by atoms with Gasteiger partial charge in [-0.15, -0.1) is 0 Å². The molecule has 98 valence electrons. The summed E-state index contributed by atoms with van der Waals surface area (Å²) >= 11 is 0. The number of rotatable bonds is 3. The molecule has 19 heavy (non-hydrogen) atoms. The summed E-state index contributed by atoms with van der Waals surface area (Å²) in [6.07, 6.45) is 0. The molecule has 3 rings (SSSR count). The Bertz CT molecular complexity index is 649. The highest BCUT2D eigenvalue weighted by molar-refractivity contribution is 5.96. The van der Waals surface area contributed by atoms with Crippen LogP contribution in [0.4, 0.5) is 0 Å². The van der Waals surface area contributed by atoms with E-state index in [2.05, 4.69) is 19.1 Å². The molecule has 2 aromatic rings. The van der Waals surface area contributed by atoms with E-state index in [1.165, 1.54) is 23.4 Å². The molecule has 1 aliphatic rings.